The summed E-state index contributed by atoms with van der Waals surface area (Å²) in [7, 11) is 0. The van der Waals surface area contributed by atoms with Crippen molar-refractivity contribution in [2.75, 3.05) is 12.5 Å². The molecule has 0 unspecified atom stereocenters. The first-order valence-electron chi connectivity index (χ1n) is 9.61. The number of aryl methyl sites for hydroxylation is 2. The molecule has 0 fully saturated rings. The van der Waals surface area contributed by atoms with E-state index in [-0.39, 0.29) is 18.5 Å². The van der Waals surface area contributed by atoms with Gasteiger partial charge in [0.25, 0.3) is 0 Å². The molecule has 2 aromatic heterocycles. The van der Waals surface area contributed by atoms with Gasteiger partial charge in [-0.05, 0) is 60.2 Å². The zero-order chi connectivity index (χ0) is 20.7. The van der Waals surface area contributed by atoms with Gasteiger partial charge in [-0.1, -0.05) is 30.0 Å². The van der Waals surface area contributed by atoms with Crippen molar-refractivity contribution in [3.8, 4) is 11.5 Å². The number of amides is 1. The van der Waals surface area contributed by atoms with Crippen LogP contribution in [0.3, 0.4) is 0 Å². The number of pyridine rings is 1. The molecule has 1 aliphatic heterocycles. The van der Waals surface area contributed by atoms with Gasteiger partial charge >= 0.3 is 0 Å². The van der Waals surface area contributed by atoms with Gasteiger partial charge in [-0.3, -0.25) is 9.20 Å². The van der Waals surface area contributed by atoms with E-state index in [2.05, 4.69) is 46.7 Å². The monoisotopic (exact) mass is 420 g/mol. The Kier molecular flexibility index (Phi) is 4.71. The summed E-state index contributed by atoms with van der Waals surface area (Å²) in [6.07, 6.45) is 0. The highest BCUT2D eigenvalue weighted by molar-refractivity contribution is 7.99. The molecule has 0 atom stereocenters. The number of nitrogens with one attached hydrogen (secondary N) is 1. The lowest BCUT2D eigenvalue weighted by atomic mass is 10.1. The molecule has 5 rings (SSSR count). The molecule has 2 aromatic carbocycles. The summed E-state index contributed by atoms with van der Waals surface area (Å²) in [6, 6.07) is 14.1. The lowest BCUT2D eigenvalue weighted by Gasteiger charge is -2.08. The van der Waals surface area contributed by atoms with E-state index in [1.54, 1.807) is 0 Å². The third kappa shape index (κ3) is 3.43. The van der Waals surface area contributed by atoms with Crippen LogP contribution in [0.5, 0.6) is 11.5 Å². The second kappa shape index (κ2) is 7.53. The molecule has 0 saturated carbocycles. The number of hydrogen-bond donors (Lipinski definition) is 1. The Morgan fingerprint density at radius 2 is 1.97 bits per heavy atom. The molecule has 1 aliphatic rings. The quantitative estimate of drug-likeness (QED) is 0.497. The molecule has 4 aromatic rings. The number of ether oxygens (including phenoxy) is 2. The maximum Gasteiger partial charge on any atom is 0.231 e. The standard InChI is InChI=1S/C22H20N4O3S/c1-13-3-5-16-8-14(2)21-24-25-22(26(21)17(16)7-13)30-11-20(27)23-10-15-4-6-18-19(9-15)29-12-28-18/h3-9H,10-12H2,1-2H3,(H,23,27). The predicted octanol–water partition coefficient (Wildman–Crippen LogP) is 3.64. The normalized spacial score (nSPS) is 12.6. The summed E-state index contributed by atoms with van der Waals surface area (Å²) in [6.45, 7) is 4.75. The second-order valence-electron chi connectivity index (χ2n) is 7.28. The van der Waals surface area contributed by atoms with Crippen molar-refractivity contribution in [1.29, 1.82) is 0 Å². The summed E-state index contributed by atoms with van der Waals surface area (Å²) in [5, 5.41) is 13.4. The van der Waals surface area contributed by atoms with Crippen molar-refractivity contribution < 1.29 is 14.3 Å². The molecule has 0 radical (unpaired) electrons. The van der Waals surface area contributed by atoms with Gasteiger partial charge in [0.15, 0.2) is 22.3 Å². The molecule has 1 N–H and O–H groups in total. The zero-order valence-corrected chi connectivity index (χ0v) is 17.5. The van der Waals surface area contributed by atoms with E-state index in [1.807, 2.05) is 29.5 Å². The van der Waals surface area contributed by atoms with Gasteiger partial charge in [-0.2, -0.15) is 0 Å². The number of thioether (sulfide) groups is 1. The number of aromatic nitrogens is 3. The van der Waals surface area contributed by atoms with E-state index in [9.17, 15) is 4.79 Å². The first-order chi connectivity index (χ1) is 14.6. The molecule has 7 nitrogen and oxygen atoms in total. The lowest BCUT2D eigenvalue weighted by molar-refractivity contribution is -0.118. The van der Waals surface area contributed by atoms with Gasteiger partial charge in [0.2, 0.25) is 12.7 Å². The number of benzene rings is 2. The van der Waals surface area contributed by atoms with E-state index < -0.39 is 0 Å². The molecular weight excluding hydrogens is 400 g/mol. The van der Waals surface area contributed by atoms with E-state index >= 15 is 0 Å². The topological polar surface area (TPSA) is 77.8 Å². The molecule has 3 heterocycles. The van der Waals surface area contributed by atoms with Crippen LogP contribution in [0.25, 0.3) is 16.6 Å². The molecule has 0 saturated heterocycles. The van der Waals surface area contributed by atoms with Crippen molar-refractivity contribution in [2.45, 2.75) is 25.5 Å². The number of rotatable bonds is 5. The smallest absolute Gasteiger partial charge is 0.231 e. The van der Waals surface area contributed by atoms with Crippen LogP contribution < -0.4 is 14.8 Å². The number of nitrogens with zero attached hydrogens (tertiary/aromatic N) is 3. The summed E-state index contributed by atoms with van der Waals surface area (Å²) in [5.74, 6) is 1.63. The van der Waals surface area contributed by atoms with E-state index in [4.69, 9.17) is 9.47 Å². The zero-order valence-electron chi connectivity index (χ0n) is 16.6. The van der Waals surface area contributed by atoms with E-state index in [1.165, 1.54) is 17.3 Å². The van der Waals surface area contributed by atoms with Crippen LogP contribution >= 0.6 is 11.8 Å². The Bertz CT molecular complexity index is 1280. The highest BCUT2D eigenvalue weighted by atomic mass is 32.2. The van der Waals surface area contributed by atoms with Crippen molar-refractivity contribution >= 4 is 34.2 Å². The molecule has 1 amide bonds. The fraction of sp³-hybridized carbons (Fsp3) is 0.227. The summed E-state index contributed by atoms with van der Waals surface area (Å²) in [4.78, 5) is 12.4. The third-order valence-corrected chi connectivity index (χ3v) is 5.97. The fourth-order valence-electron chi connectivity index (χ4n) is 3.54. The number of carbonyl (C=O) groups is 1. The minimum Gasteiger partial charge on any atom is -0.454 e. The summed E-state index contributed by atoms with van der Waals surface area (Å²) >= 11 is 1.38. The highest BCUT2D eigenvalue weighted by Crippen LogP contribution is 2.32. The fourth-order valence-corrected chi connectivity index (χ4v) is 4.31. The van der Waals surface area contributed by atoms with Gasteiger partial charge in [-0.15, -0.1) is 10.2 Å². The Balaban J connectivity index is 1.31. The van der Waals surface area contributed by atoms with Crippen LogP contribution in [0.2, 0.25) is 0 Å². The van der Waals surface area contributed by atoms with Gasteiger partial charge in [0.05, 0.1) is 11.3 Å². The van der Waals surface area contributed by atoms with Crippen molar-refractivity contribution in [2.24, 2.45) is 0 Å². The third-order valence-electron chi connectivity index (χ3n) is 5.04. The maximum atomic E-state index is 12.4. The molecular formula is C22H20N4O3S. The van der Waals surface area contributed by atoms with Crippen molar-refractivity contribution in [3.05, 3.63) is 59.2 Å². The molecule has 30 heavy (non-hydrogen) atoms. The maximum absolute atomic E-state index is 12.4. The second-order valence-corrected chi connectivity index (χ2v) is 8.23. The van der Waals surface area contributed by atoms with Gasteiger partial charge in [0.1, 0.15) is 0 Å². The van der Waals surface area contributed by atoms with Crippen molar-refractivity contribution in [3.63, 3.8) is 0 Å². The lowest BCUT2D eigenvalue weighted by Crippen LogP contribution is -2.24. The van der Waals surface area contributed by atoms with Gasteiger partial charge in [0, 0.05) is 6.54 Å². The minimum atomic E-state index is -0.0671. The largest absolute Gasteiger partial charge is 0.454 e. The van der Waals surface area contributed by atoms with Gasteiger partial charge in [-0.25, -0.2) is 0 Å². The Hall–Kier alpha value is -3.26. The first kappa shape index (κ1) is 18.7. The van der Waals surface area contributed by atoms with E-state index in [0.717, 1.165) is 33.4 Å². The average molecular weight is 420 g/mol. The molecule has 8 heteroatoms. The van der Waals surface area contributed by atoms with E-state index in [0.29, 0.717) is 17.5 Å². The molecule has 0 aliphatic carbocycles. The Labute approximate surface area is 177 Å². The van der Waals surface area contributed by atoms with Crippen LogP contribution in [0.1, 0.15) is 16.7 Å². The number of fused-ring (bicyclic) bond motifs is 4. The Morgan fingerprint density at radius 3 is 2.87 bits per heavy atom. The summed E-state index contributed by atoms with van der Waals surface area (Å²) < 4.78 is 12.7. The molecule has 0 bridgehead atoms. The first-order valence-corrected chi connectivity index (χ1v) is 10.6. The Morgan fingerprint density at radius 1 is 1.10 bits per heavy atom. The summed E-state index contributed by atoms with van der Waals surface area (Å²) in [5.41, 5.74) is 5.04. The molecule has 0 spiro atoms. The SMILES string of the molecule is Cc1ccc2cc(C)c3nnc(SCC(=O)NCc4ccc5c(c4)OCO5)n3c2c1. The number of hydrogen-bond acceptors (Lipinski definition) is 6. The molecule has 152 valence electrons. The van der Waals surface area contributed by atoms with Crippen molar-refractivity contribution in [1.82, 2.24) is 19.9 Å². The average Bonchev–Trinajstić information content (AvgIpc) is 3.38. The van der Waals surface area contributed by atoms with Crippen LogP contribution in [0, 0.1) is 13.8 Å². The van der Waals surface area contributed by atoms with Gasteiger partial charge < -0.3 is 14.8 Å². The minimum absolute atomic E-state index is 0.0671. The predicted molar refractivity (Wildman–Crippen MR) is 115 cm³/mol. The van der Waals surface area contributed by atoms with Crippen LogP contribution in [0.15, 0.2) is 47.6 Å². The van der Waals surface area contributed by atoms with Crippen LogP contribution in [-0.4, -0.2) is 33.1 Å². The van der Waals surface area contributed by atoms with Crippen LogP contribution in [0.4, 0.5) is 0 Å². The highest BCUT2D eigenvalue weighted by Gasteiger charge is 2.15. The number of carbonyl (C=O) groups excluding carboxylic acids is 1. The van der Waals surface area contributed by atoms with Crippen LogP contribution in [-0.2, 0) is 11.3 Å².